The van der Waals surface area contributed by atoms with E-state index in [0.29, 0.717) is 0 Å². The molecule has 0 aliphatic rings. The highest BCUT2D eigenvalue weighted by molar-refractivity contribution is 7.74. The van der Waals surface area contributed by atoms with Crippen molar-refractivity contribution < 1.29 is 43.6 Å². The van der Waals surface area contributed by atoms with E-state index in [9.17, 15) is 8.76 Å². The number of rotatable bonds is 7. The van der Waals surface area contributed by atoms with Crippen LogP contribution in [0.25, 0.3) is 0 Å². The van der Waals surface area contributed by atoms with E-state index in [-0.39, 0.29) is 0 Å². The van der Waals surface area contributed by atoms with E-state index >= 15 is 0 Å². The zero-order valence-electron chi connectivity index (χ0n) is 7.91. The molecule has 0 radical (unpaired) electrons. The second-order valence-corrected chi connectivity index (χ2v) is 3.51. The van der Waals surface area contributed by atoms with Gasteiger partial charge in [0.15, 0.2) is 6.29 Å². The molecule has 16 heavy (non-hydrogen) atoms. The van der Waals surface area contributed by atoms with E-state index in [1.807, 2.05) is 0 Å². The molecule has 0 heterocycles. The molecule has 6 atom stereocenters. The molecule has 0 aromatic heterocycles. The largest absolute Gasteiger partial charge is 0.750 e. The van der Waals surface area contributed by atoms with Crippen LogP contribution < -0.4 is 0 Å². The van der Waals surface area contributed by atoms with Crippen molar-refractivity contribution in [3.8, 4) is 0 Å². The summed E-state index contributed by atoms with van der Waals surface area (Å²) >= 11 is -3.12. The summed E-state index contributed by atoms with van der Waals surface area (Å²) in [5.41, 5.74) is 0. The molecule has 10 heteroatoms. The monoisotopic (exact) mass is 261 g/mol. The topological polar surface area (TPSA) is 171 Å². The van der Waals surface area contributed by atoms with Gasteiger partial charge in [-0.25, -0.2) is 4.21 Å². The first-order valence-corrected chi connectivity index (χ1v) is 5.08. The van der Waals surface area contributed by atoms with E-state index in [2.05, 4.69) is 4.18 Å². The number of aliphatic hydroxyl groups is 6. The highest BCUT2D eigenvalue weighted by Gasteiger charge is 2.34. The SMILES string of the molecule is O=S([O-])OC(O)[C@H](O)[C@@H](O)[C@H](O)[C@H](O)CO. The zero-order chi connectivity index (χ0) is 12.9. The van der Waals surface area contributed by atoms with Crippen LogP contribution in [0.5, 0.6) is 0 Å². The molecule has 6 N–H and O–H groups in total. The Hall–Kier alpha value is -0.170. The van der Waals surface area contributed by atoms with Crippen molar-refractivity contribution in [2.75, 3.05) is 6.61 Å². The summed E-state index contributed by atoms with van der Waals surface area (Å²) < 4.78 is 23.6. The van der Waals surface area contributed by atoms with E-state index < -0.39 is 48.7 Å². The molecule has 2 unspecified atom stereocenters. The molecule has 98 valence electrons. The molecule has 0 fully saturated rings. The lowest BCUT2D eigenvalue weighted by Gasteiger charge is -2.28. The van der Waals surface area contributed by atoms with Crippen molar-refractivity contribution in [2.45, 2.75) is 30.7 Å². The number of hydrogen-bond acceptors (Lipinski definition) is 9. The van der Waals surface area contributed by atoms with E-state index in [1.165, 1.54) is 0 Å². The minimum absolute atomic E-state index is 0.893. The van der Waals surface area contributed by atoms with Crippen LogP contribution in [0.3, 0.4) is 0 Å². The van der Waals surface area contributed by atoms with Crippen molar-refractivity contribution in [3.05, 3.63) is 0 Å². The predicted molar refractivity (Wildman–Crippen MR) is 47.1 cm³/mol. The lowest BCUT2D eigenvalue weighted by atomic mass is 10.0. The fraction of sp³-hybridized carbons (Fsp3) is 1.00. The second-order valence-electron chi connectivity index (χ2n) is 2.91. The molecule has 0 bridgehead atoms. The van der Waals surface area contributed by atoms with Gasteiger partial charge in [0, 0.05) is 0 Å². The van der Waals surface area contributed by atoms with E-state index in [0.717, 1.165) is 0 Å². The molecule has 0 aromatic rings. The van der Waals surface area contributed by atoms with Crippen molar-refractivity contribution in [2.24, 2.45) is 0 Å². The van der Waals surface area contributed by atoms with Gasteiger partial charge in [-0.1, -0.05) is 0 Å². The van der Waals surface area contributed by atoms with Crippen molar-refractivity contribution >= 4 is 11.4 Å². The first kappa shape index (κ1) is 15.8. The Balaban J connectivity index is 4.35. The van der Waals surface area contributed by atoms with Crippen LogP contribution in [0.4, 0.5) is 0 Å². The summed E-state index contributed by atoms with van der Waals surface area (Å²) in [6.45, 7) is -0.893. The maximum atomic E-state index is 9.97. The van der Waals surface area contributed by atoms with Gasteiger partial charge in [-0.15, -0.1) is 0 Å². The van der Waals surface area contributed by atoms with Crippen LogP contribution in [-0.4, -0.2) is 76.7 Å². The Morgan fingerprint density at radius 1 is 1.06 bits per heavy atom. The molecule has 0 saturated carbocycles. The maximum Gasteiger partial charge on any atom is 0.198 e. The summed E-state index contributed by atoms with van der Waals surface area (Å²) in [6.07, 6.45) is -10.3. The predicted octanol–water partition coefficient (Wildman–Crippen LogP) is -4.45. The standard InChI is InChI=1S/C6H14O9S/c7-1-2(8)3(9)4(10)5(11)6(12)15-16(13)14/h2-12H,1H2,(H,13,14)/p-1/t2-,3-,4+,5-,6?/m1/s1. The summed E-state index contributed by atoms with van der Waals surface area (Å²) in [6, 6.07) is 0. The molecule has 0 aliphatic heterocycles. The van der Waals surface area contributed by atoms with Gasteiger partial charge in [0.1, 0.15) is 24.4 Å². The molecule has 9 nitrogen and oxygen atoms in total. The number of hydrogen-bond donors (Lipinski definition) is 6. The van der Waals surface area contributed by atoms with Crippen LogP contribution >= 0.6 is 0 Å². The summed E-state index contributed by atoms with van der Waals surface area (Å²) in [5, 5.41) is 53.6. The lowest BCUT2D eigenvalue weighted by Crippen LogP contribution is -2.50. The van der Waals surface area contributed by atoms with Crippen molar-refractivity contribution in [1.82, 2.24) is 0 Å². The van der Waals surface area contributed by atoms with Crippen LogP contribution in [0.15, 0.2) is 0 Å². The minimum Gasteiger partial charge on any atom is -0.750 e. The van der Waals surface area contributed by atoms with Crippen LogP contribution in [0, 0.1) is 0 Å². The molecule has 0 aromatic carbocycles. The minimum atomic E-state index is -3.12. The van der Waals surface area contributed by atoms with Gasteiger partial charge < -0.3 is 35.2 Å². The molecule has 0 saturated heterocycles. The van der Waals surface area contributed by atoms with Crippen molar-refractivity contribution in [1.29, 1.82) is 0 Å². The van der Waals surface area contributed by atoms with Gasteiger partial charge in [-0.2, -0.15) is 0 Å². The molecule has 0 rings (SSSR count). The number of aliphatic hydroxyl groups excluding tert-OH is 6. The summed E-state index contributed by atoms with van der Waals surface area (Å²) in [4.78, 5) is 0. The Labute approximate surface area is 93.0 Å². The first-order chi connectivity index (χ1) is 7.31. The molecular formula is C6H13O9S-. The van der Waals surface area contributed by atoms with Crippen molar-refractivity contribution in [3.63, 3.8) is 0 Å². The van der Waals surface area contributed by atoms with Gasteiger partial charge in [0.05, 0.1) is 18.0 Å². The first-order valence-electron chi connectivity index (χ1n) is 4.08. The summed E-state index contributed by atoms with van der Waals surface area (Å²) in [5.74, 6) is 0. The van der Waals surface area contributed by atoms with Gasteiger partial charge in [0.25, 0.3) is 0 Å². The molecule has 0 amide bonds. The summed E-state index contributed by atoms with van der Waals surface area (Å²) in [7, 11) is 0. The third-order valence-electron chi connectivity index (χ3n) is 1.75. The van der Waals surface area contributed by atoms with Gasteiger partial charge in [-0.3, -0.25) is 4.18 Å². The smallest absolute Gasteiger partial charge is 0.198 e. The zero-order valence-corrected chi connectivity index (χ0v) is 8.73. The third-order valence-corrected chi connectivity index (χ3v) is 2.10. The fourth-order valence-corrected chi connectivity index (χ4v) is 1.12. The Morgan fingerprint density at radius 2 is 1.56 bits per heavy atom. The highest BCUT2D eigenvalue weighted by atomic mass is 32.2. The average molecular weight is 261 g/mol. The Bertz CT molecular complexity index is 224. The quantitative estimate of drug-likeness (QED) is 0.195. The maximum absolute atomic E-state index is 9.97. The van der Waals surface area contributed by atoms with E-state index in [1.54, 1.807) is 0 Å². The second kappa shape index (κ2) is 7.21. The molecule has 0 spiro atoms. The normalized spacial score (nSPS) is 23.2. The van der Waals surface area contributed by atoms with Crippen LogP contribution in [0.2, 0.25) is 0 Å². The molecule has 0 aliphatic carbocycles. The van der Waals surface area contributed by atoms with E-state index in [4.69, 9.17) is 30.6 Å². The van der Waals surface area contributed by atoms with Gasteiger partial charge in [-0.05, 0) is 0 Å². The Kier molecular flexibility index (Phi) is 7.14. The molecular weight excluding hydrogens is 248 g/mol. The van der Waals surface area contributed by atoms with Gasteiger partial charge >= 0.3 is 0 Å². The fourth-order valence-electron chi connectivity index (χ4n) is 0.844. The Morgan fingerprint density at radius 3 is 1.94 bits per heavy atom. The highest BCUT2D eigenvalue weighted by Crippen LogP contribution is 2.09. The lowest BCUT2D eigenvalue weighted by molar-refractivity contribution is -0.180. The van der Waals surface area contributed by atoms with Crippen LogP contribution in [-0.2, 0) is 15.5 Å². The van der Waals surface area contributed by atoms with Gasteiger partial charge in [0.2, 0.25) is 0 Å². The van der Waals surface area contributed by atoms with Crippen LogP contribution in [0.1, 0.15) is 0 Å². The third kappa shape index (κ3) is 4.78. The average Bonchev–Trinajstić information content (AvgIpc) is 2.23.